The molecule has 1 saturated heterocycles. The molecular formula is C25H27N3O4. The van der Waals surface area contributed by atoms with Gasteiger partial charge in [-0.15, -0.1) is 0 Å². The molecule has 0 unspecified atom stereocenters. The second-order valence-corrected chi connectivity index (χ2v) is 7.81. The Balaban J connectivity index is 1.53. The van der Waals surface area contributed by atoms with Gasteiger partial charge in [-0.1, -0.05) is 36.4 Å². The molecule has 166 valence electrons. The largest absolute Gasteiger partial charge is 0.495 e. The number of aryl methyl sites for hydroxylation is 1. The molecule has 2 aromatic carbocycles. The summed E-state index contributed by atoms with van der Waals surface area (Å²) in [5.74, 6) is 0.692. The van der Waals surface area contributed by atoms with E-state index in [1.807, 2.05) is 55.5 Å². The van der Waals surface area contributed by atoms with Crippen molar-refractivity contribution in [2.24, 2.45) is 0 Å². The molecule has 3 aromatic rings. The third kappa shape index (κ3) is 4.68. The highest BCUT2D eigenvalue weighted by Gasteiger charge is 2.32. The van der Waals surface area contributed by atoms with Crippen LogP contribution in [0.25, 0.3) is 0 Å². The topological polar surface area (TPSA) is 75.0 Å². The van der Waals surface area contributed by atoms with Crippen molar-refractivity contribution >= 4 is 17.5 Å². The van der Waals surface area contributed by atoms with Crippen molar-refractivity contribution in [3.05, 3.63) is 83.8 Å². The molecule has 7 heteroatoms. The van der Waals surface area contributed by atoms with E-state index in [0.717, 1.165) is 11.1 Å². The Kier molecular flexibility index (Phi) is 6.56. The van der Waals surface area contributed by atoms with Crippen LogP contribution in [-0.2, 0) is 4.79 Å². The second-order valence-electron chi connectivity index (χ2n) is 7.81. The minimum Gasteiger partial charge on any atom is -0.495 e. The predicted octanol–water partition coefficient (Wildman–Crippen LogP) is 3.73. The maximum absolute atomic E-state index is 13.5. The number of piperazine rings is 1. The first-order valence-electron chi connectivity index (χ1n) is 10.6. The van der Waals surface area contributed by atoms with Crippen molar-refractivity contribution in [1.82, 2.24) is 9.80 Å². The van der Waals surface area contributed by atoms with E-state index in [1.54, 1.807) is 24.1 Å². The zero-order valence-electron chi connectivity index (χ0n) is 18.3. The van der Waals surface area contributed by atoms with Crippen molar-refractivity contribution in [2.45, 2.75) is 13.0 Å². The van der Waals surface area contributed by atoms with Crippen molar-refractivity contribution in [3.8, 4) is 5.75 Å². The molecule has 0 saturated carbocycles. The number of hydrogen-bond acceptors (Lipinski definition) is 5. The molecule has 7 nitrogen and oxygen atoms in total. The van der Waals surface area contributed by atoms with Gasteiger partial charge < -0.3 is 19.4 Å². The minimum atomic E-state index is -0.484. The van der Waals surface area contributed by atoms with E-state index in [2.05, 4.69) is 10.2 Å². The number of carbonyl (C=O) groups excluding carboxylic acids is 2. The zero-order chi connectivity index (χ0) is 22.5. The van der Waals surface area contributed by atoms with E-state index in [0.29, 0.717) is 43.4 Å². The van der Waals surface area contributed by atoms with E-state index in [1.165, 1.54) is 6.26 Å². The lowest BCUT2D eigenvalue weighted by Crippen LogP contribution is -2.51. The lowest BCUT2D eigenvalue weighted by Gasteiger charge is -2.38. The number of ether oxygens (including phenoxy) is 1. The van der Waals surface area contributed by atoms with Gasteiger partial charge in [0.25, 0.3) is 5.91 Å². The second kappa shape index (κ2) is 9.70. The van der Waals surface area contributed by atoms with Gasteiger partial charge in [0.15, 0.2) is 5.76 Å². The smallest absolute Gasteiger partial charge is 0.289 e. The van der Waals surface area contributed by atoms with Gasteiger partial charge in [0, 0.05) is 26.2 Å². The fourth-order valence-electron chi connectivity index (χ4n) is 4.02. The van der Waals surface area contributed by atoms with Crippen molar-refractivity contribution in [1.29, 1.82) is 0 Å². The third-order valence-corrected chi connectivity index (χ3v) is 5.68. The molecule has 4 rings (SSSR count). The van der Waals surface area contributed by atoms with Crippen LogP contribution in [0.4, 0.5) is 5.69 Å². The number of nitrogens with zero attached hydrogens (tertiary/aromatic N) is 2. The maximum atomic E-state index is 13.5. The van der Waals surface area contributed by atoms with Gasteiger partial charge >= 0.3 is 0 Å². The molecule has 1 atom stereocenters. The van der Waals surface area contributed by atoms with Gasteiger partial charge in [-0.05, 0) is 42.3 Å². The molecule has 1 aromatic heterocycles. The summed E-state index contributed by atoms with van der Waals surface area (Å²) in [6.07, 6.45) is 1.50. The van der Waals surface area contributed by atoms with E-state index in [-0.39, 0.29) is 11.8 Å². The number of anilines is 1. The van der Waals surface area contributed by atoms with Crippen LogP contribution in [0, 0.1) is 6.92 Å². The molecule has 1 fully saturated rings. The highest BCUT2D eigenvalue weighted by Crippen LogP contribution is 2.29. The molecular weight excluding hydrogens is 406 g/mol. The molecule has 0 bridgehead atoms. The summed E-state index contributed by atoms with van der Waals surface area (Å²) in [6.45, 7) is 4.15. The summed E-state index contributed by atoms with van der Waals surface area (Å²) >= 11 is 0. The average molecular weight is 434 g/mol. The molecule has 0 radical (unpaired) electrons. The van der Waals surface area contributed by atoms with Gasteiger partial charge in [-0.3, -0.25) is 14.5 Å². The van der Waals surface area contributed by atoms with Gasteiger partial charge in [0.1, 0.15) is 11.8 Å². The van der Waals surface area contributed by atoms with Crippen LogP contribution >= 0.6 is 0 Å². The molecule has 1 aliphatic rings. The van der Waals surface area contributed by atoms with Crippen molar-refractivity contribution < 1.29 is 18.7 Å². The Labute approximate surface area is 187 Å². The number of amides is 2. The van der Waals surface area contributed by atoms with Gasteiger partial charge in [0.2, 0.25) is 5.91 Å². The molecule has 0 aliphatic carbocycles. The number of nitrogens with one attached hydrogen (secondary N) is 1. The highest BCUT2D eigenvalue weighted by molar-refractivity contribution is 5.97. The maximum Gasteiger partial charge on any atom is 0.289 e. The van der Waals surface area contributed by atoms with Crippen LogP contribution < -0.4 is 10.1 Å². The zero-order valence-corrected chi connectivity index (χ0v) is 18.3. The van der Waals surface area contributed by atoms with Crippen molar-refractivity contribution in [3.63, 3.8) is 0 Å². The van der Waals surface area contributed by atoms with Crippen LogP contribution in [-0.4, -0.2) is 54.9 Å². The first kappa shape index (κ1) is 21.6. The predicted molar refractivity (Wildman–Crippen MR) is 122 cm³/mol. The Hall–Kier alpha value is -3.58. The van der Waals surface area contributed by atoms with Crippen LogP contribution in [0.1, 0.15) is 27.7 Å². The number of rotatable bonds is 6. The number of benzene rings is 2. The standard InChI is InChI=1S/C25H27N3O4/c1-18-10-11-21(31-2)20(17-18)26-24(29)23(19-7-4-3-5-8-19)27-12-14-28(15-13-27)25(30)22-9-6-16-32-22/h3-11,16-17,23H,12-15H2,1-2H3,(H,26,29)/t23-/m1/s1. The Morgan fingerprint density at radius 2 is 1.75 bits per heavy atom. The summed E-state index contributed by atoms with van der Waals surface area (Å²) in [5.41, 5.74) is 2.58. The Bertz CT molecular complexity index is 1060. The van der Waals surface area contributed by atoms with E-state index in [9.17, 15) is 9.59 Å². The summed E-state index contributed by atoms with van der Waals surface area (Å²) in [5, 5.41) is 3.05. The number of methoxy groups -OCH3 is 1. The SMILES string of the molecule is COc1ccc(C)cc1NC(=O)[C@@H](c1ccccc1)N1CCN(C(=O)c2ccco2)CC1. The number of carbonyl (C=O) groups is 2. The third-order valence-electron chi connectivity index (χ3n) is 5.68. The van der Waals surface area contributed by atoms with Gasteiger partial charge in [-0.2, -0.15) is 0 Å². The molecule has 1 N–H and O–H groups in total. The molecule has 0 spiro atoms. The fraction of sp³-hybridized carbons (Fsp3) is 0.280. The van der Waals surface area contributed by atoms with Gasteiger partial charge in [-0.25, -0.2) is 0 Å². The Morgan fingerprint density at radius 3 is 2.41 bits per heavy atom. The summed E-state index contributed by atoms with van der Waals surface area (Å²) in [7, 11) is 1.59. The van der Waals surface area contributed by atoms with Crippen LogP contribution in [0.2, 0.25) is 0 Å². The lowest BCUT2D eigenvalue weighted by molar-refractivity contribution is -0.122. The van der Waals surface area contributed by atoms with Crippen LogP contribution in [0.3, 0.4) is 0 Å². The first-order chi connectivity index (χ1) is 15.6. The number of furan rings is 1. The van der Waals surface area contributed by atoms with Gasteiger partial charge in [0.05, 0.1) is 19.1 Å². The van der Waals surface area contributed by atoms with E-state index < -0.39 is 6.04 Å². The summed E-state index contributed by atoms with van der Waals surface area (Å²) < 4.78 is 10.7. The van der Waals surface area contributed by atoms with Crippen LogP contribution in [0.15, 0.2) is 71.3 Å². The molecule has 1 aliphatic heterocycles. The van der Waals surface area contributed by atoms with E-state index in [4.69, 9.17) is 9.15 Å². The normalized spacial score (nSPS) is 15.2. The fourth-order valence-corrected chi connectivity index (χ4v) is 4.02. The average Bonchev–Trinajstić information content (AvgIpc) is 3.35. The lowest BCUT2D eigenvalue weighted by atomic mass is 10.0. The number of hydrogen-bond donors (Lipinski definition) is 1. The van der Waals surface area contributed by atoms with E-state index >= 15 is 0 Å². The minimum absolute atomic E-state index is 0.125. The quantitative estimate of drug-likeness (QED) is 0.641. The monoisotopic (exact) mass is 433 g/mol. The summed E-state index contributed by atoms with van der Waals surface area (Å²) in [4.78, 5) is 30.0. The van der Waals surface area contributed by atoms with Crippen molar-refractivity contribution in [2.75, 3.05) is 38.6 Å². The Morgan fingerprint density at radius 1 is 1.00 bits per heavy atom. The molecule has 2 amide bonds. The highest BCUT2D eigenvalue weighted by atomic mass is 16.5. The van der Waals surface area contributed by atoms with Crippen LogP contribution in [0.5, 0.6) is 5.75 Å². The molecule has 32 heavy (non-hydrogen) atoms. The first-order valence-corrected chi connectivity index (χ1v) is 10.6. The molecule has 2 heterocycles. The summed E-state index contributed by atoms with van der Waals surface area (Å²) in [6, 6.07) is 18.3.